The maximum absolute atomic E-state index is 5.91. The van der Waals surface area contributed by atoms with Gasteiger partial charge in [0.05, 0.1) is 6.04 Å². The molecule has 2 aromatic heterocycles. The summed E-state index contributed by atoms with van der Waals surface area (Å²) in [5.74, 6) is 0.973. The second-order valence-electron chi connectivity index (χ2n) is 4.07. The first kappa shape index (κ1) is 11.7. The standard InChI is InChI=1S/C12H16N4O/c1-3-4-9(13)12-15-11(16-17-12)10-7-8(2)5-6-14-10/h5-7,9H,3-4,13H2,1-2H3/t9-/m0/s1. The minimum absolute atomic E-state index is 0.189. The Morgan fingerprint density at radius 1 is 1.47 bits per heavy atom. The van der Waals surface area contributed by atoms with Crippen LogP contribution in [0.2, 0.25) is 0 Å². The quantitative estimate of drug-likeness (QED) is 0.874. The summed E-state index contributed by atoms with van der Waals surface area (Å²) in [7, 11) is 0. The highest BCUT2D eigenvalue weighted by atomic mass is 16.5. The number of aromatic nitrogens is 3. The lowest BCUT2D eigenvalue weighted by molar-refractivity contribution is 0.348. The third-order valence-electron chi connectivity index (χ3n) is 2.50. The van der Waals surface area contributed by atoms with E-state index in [1.807, 2.05) is 19.1 Å². The van der Waals surface area contributed by atoms with Crippen LogP contribution in [0.1, 0.15) is 37.3 Å². The number of aryl methyl sites for hydroxylation is 1. The number of pyridine rings is 1. The molecule has 0 radical (unpaired) electrons. The summed E-state index contributed by atoms with van der Waals surface area (Å²) in [6.45, 7) is 4.06. The molecular formula is C12H16N4O. The van der Waals surface area contributed by atoms with Gasteiger partial charge in [-0.3, -0.25) is 4.98 Å². The van der Waals surface area contributed by atoms with Crippen molar-refractivity contribution in [2.24, 2.45) is 5.73 Å². The summed E-state index contributed by atoms with van der Waals surface area (Å²) < 4.78 is 5.15. The van der Waals surface area contributed by atoms with Crippen LogP contribution in [-0.2, 0) is 0 Å². The van der Waals surface area contributed by atoms with E-state index in [0.29, 0.717) is 17.4 Å². The minimum Gasteiger partial charge on any atom is -0.337 e. The van der Waals surface area contributed by atoms with Crippen LogP contribution in [0.3, 0.4) is 0 Å². The first-order valence-electron chi connectivity index (χ1n) is 5.73. The summed E-state index contributed by atoms with van der Waals surface area (Å²) >= 11 is 0. The molecule has 2 rings (SSSR count). The van der Waals surface area contributed by atoms with Crippen molar-refractivity contribution in [1.29, 1.82) is 0 Å². The van der Waals surface area contributed by atoms with E-state index < -0.39 is 0 Å². The van der Waals surface area contributed by atoms with Crippen LogP contribution in [0.25, 0.3) is 11.5 Å². The second kappa shape index (κ2) is 5.05. The average molecular weight is 232 g/mol. The predicted molar refractivity (Wildman–Crippen MR) is 64.1 cm³/mol. The molecule has 90 valence electrons. The van der Waals surface area contributed by atoms with Gasteiger partial charge in [0.15, 0.2) is 0 Å². The molecule has 2 N–H and O–H groups in total. The number of nitrogens with zero attached hydrogens (tertiary/aromatic N) is 3. The molecule has 0 aliphatic carbocycles. The monoisotopic (exact) mass is 232 g/mol. The summed E-state index contributed by atoms with van der Waals surface area (Å²) in [6, 6.07) is 3.65. The predicted octanol–water partition coefficient (Wildman–Crippen LogP) is 2.24. The zero-order valence-electron chi connectivity index (χ0n) is 10.1. The number of hydrogen-bond donors (Lipinski definition) is 1. The van der Waals surface area contributed by atoms with Gasteiger partial charge in [-0.15, -0.1) is 0 Å². The molecule has 0 aliphatic heterocycles. The molecule has 2 aromatic rings. The van der Waals surface area contributed by atoms with E-state index in [9.17, 15) is 0 Å². The van der Waals surface area contributed by atoms with Crippen molar-refractivity contribution in [3.05, 3.63) is 29.8 Å². The zero-order valence-corrected chi connectivity index (χ0v) is 10.1. The van der Waals surface area contributed by atoms with E-state index in [4.69, 9.17) is 10.3 Å². The van der Waals surface area contributed by atoms with Gasteiger partial charge in [0, 0.05) is 6.20 Å². The minimum atomic E-state index is -0.189. The molecular weight excluding hydrogens is 216 g/mol. The van der Waals surface area contributed by atoms with Crippen molar-refractivity contribution in [1.82, 2.24) is 15.1 Å². The molecule has 1 atom stereocenters. The largest absolute Gasteiger partial charge is 0.337 e. The molecule has 5 heteroatoms. The maximum atomic E-state index is 5.91. The van der Waals surface area contributed by atoms with Gasteiger partial charge in [-0.1, -0.05) is 18.5 Å². The first-order valence-corrected chi connectivity index (χ1v) is 5.73. The van der Waals surface area contributed by atoms with Crippen molar-refractivity contribution in [2.75, 3.05) is 0 Å². The number of nitrogens with two attached hydrogens (primary N) is 1. The molecule has 0 amide bonds. The van der Waals surface area contributed by atoms with E-state index in [1.165, 1.54) is 0 Å². The Labute approximate surface area is 100 Å². The zero-order chi connectivity index (χ0) is 12.3. The molecule has 0 aliphatic rings. The summed E-state index contributed by atoms with van der Waals surface area (Å²) in [5.41, 5.74) is 7.73. The Kier molecular flexibility index (Phi) is 3.49. The maximum Gasteiger partial charge on any atom is 0.243 e. The van der Waals surface area contributed by atoms with Crippen LogP contribution in [0.15, 0.2) is 22.9 Å². The summed E-state index contributed by atoms with van der Waals surface area (Å²) in [6.07, 6.45) is 3.55. The first-order chi connectivity index (χ1) is 8.20. The van der Waals surface area contributed by atoms with Gasteiger partial charge in [-0.25, -0.2) is 0 Å². The van der Waals surface area contributed by atoms with E-state index in [-0.39, 0.29) is 6.04 Å². The van der Waals surface area contributed by atoms with Crippen LogP contribution in [0.5, 0.6) is 0 Å². The molecule has 0 unspecified atom stereocenters. The van der Waals surface area contributed by atoms with Crippen molar-refractivity contribution in [3.63, 3.8) is 0 Å². The Hall–Kier alpha value is -1.75. The van der Waals surface area contributed by atoms with Crippen LogP contribution in [0.4, 0.5) is 0 Å². The Morgan fingerprint density at radius 2 is 2.29 bits per heavy atom. The van der Waals surface area contributed by atoms with Gasteiger partial charge in [0.25, 0.3) is 0 Å². The van der Waals surface area contributed by atoms with Crippen molar-refractivity contribution in [2.45, 2.75) is 32.7 Å². The lowest BCUT2D eigenvalue weighted by Crippen LogP contribution is -2.09. The molecule has 0 saturated heterocycles. The van der Waals surface area contributed by atoms with Crippen LogP contribution in [-0.4, -0.2) is 15.1 Å². The average Bonchev–Trinajstić information content (AvgIpc) is 2.78. The lowest BCUT2D eigenvalue weighted by Gasteiger charge is -2.02. The van der Waals surface area contributed by atoms with Crippen LogP contribution in [0, 0.1) is 6.92 Å². The van der Waals surface area contributed by atoms with Crippen LogP contribution >= 0.6 is 0 Å². The Balaban J connectivity index is 2.23. The molecule has 0 bridgehead atoms. The normalized spacial score (nSPS) is 12.6. The number of hydrogen-bond acceptors (Lipinski definition) is 5. The van der Waals surface area contributed by atoms with Gasteiger partial charge in [0.2, 0.25) is 11.7 Å². The highest BCUT2D eigenvalue weighted by Gasteiger charge is 2.15. The van der Waals surface area contributed by atoms with E-state index in [2.05, 4.69) is 22.0 Å². The smallest absolute Gasteiger partial charge is 0.243 e. The van der Waals surface area contributed by atoms with Gasteiger partial charge >= 0.3 is 0 Å². The molecule has 2 heterocycles. The fourth-order valence-corrected chi connectivity index (χ4v) is 1.58. The van der Waals surface area contributed by atoms with Gasteiger partial charge in [-0.2, -0.15) is 4.98 Å². The van der Waals surface area contributed by atoms with E-state index >= 15 is 0 Å². The summed E-state index contributed by atoms with van der Waals surface area (Å²) in [5, 5.41) is 3.90. The van der Waals surface area contributed by atoms with E-state index in [1.54, 1.807) is 6.20 Å². The lowest BCUT2D eigenvalue weighted by atomic mass is 10.2. The molecule has 0 aromatic carbocycles. The molecule has 17 heavy (non-hydrogen) atoms. The van der Waals surface area contributed by atoms with Crippen molar-refractivity contribution in [3.8, 4) is 11.5 Å². The van der Waals surface area contributed by atoms with Gasteiger partial charge in [0.1, 0.15) is 5.69 Å². The topological polar surface area (TPSA) is 77.8 Å². The highest BCUT2D eigenvalue weighted by Crippen LogP contribution is 2.18. The Bertz CT molecular complexity index is 495. The highest BCUT2D eigenvalue weighted by molar-refractivity contribution is 5.48. The second-order valence-corrected chi connectivity index (χ2v) is 4.07. The molecule has 0 spiro atoms. The molecule has 5 nitrogen and oxygen atoms in total. The third kappa shape index (κ3) is 2.68. The third-order valence-corrected chi connectivity index (χ3v) is 2.50. The van der Waals surface area contributed by atoms with Gasteiger partial charge in [-0.05, 0) is 31.0 Å². The SMILES string of the molecule is CCC[C@H](N)c1nc(-c2cc(C)ccn2)no1. The molecule has 0 saturated carbocycles. The fraction of sp³-hybridized carbons (Fsp3) is 0.417. The molecule has 0 fully saturated rings. The van der Waals surface area contributed by atoms with Crippen LogP contribution < -0.4 is 5.73 Å². The number of rotatable bonds is 4. The van der Waals surface area contributed by atoms with Crippen molar-refractivity contribution < 1.29 is 4.52 Å². The van der Waals surface area contributed by atoms with Crippen molar-refractivity contribution >= 4 is 0 Å². The van der Waals surface area contributed by atoms with Gasteiger partial charge < -0.3 is 10.3 Å². The fourth-order valence-electron chi connectivity index (χ4n) is 1.58. The Morgan fingerprint density at radius 3 is 3.00 bits per heavy atom. The van der Waals surface area contributed by atoms with E-state index in [0.717, 1.165) is 18.4 Å². The summed E-state index contributed by atoms with van der Waals surface area (Å²) in [4.78, 5) is 8.48.